The molecule has 0 radical (unpaired) electrons. The van der Waals surface area contributed by atoms with Crippen LogP contribution in [0.3, 0.4) is 0 Å². The standard InChI is InChI=1S/C7H10.H2N3/c1-2-7-4-3-6(1)5-7;1-3-2/h1-2,6-7H,3-5H2;1-2H/q;+1. The van der Waals surface area contributed by atoms with Crippen LogP contribution in [-0.4, -0.2) is 0 Å². The zero-order chi connectivity index (χ0) is 7.40. The third kappa shape index (κ3) is 1.52. The van der Waals surface area contributed by atoms with Crippen LogP contribution in [0.15, 0.2) is 12.2 Å². The van der Waals surface area contributed by atoms with Crippen molar-refractivity contribution in [2.75, 3.05) is 0 Å². The topological polar surface area (TPSA) is 61.8 Å². The SMILES string of the molecule is C1=CC2CCC1C2.N=[N+]=N. The molecule has 3 nitrogen and oxygen atoms in total. The van der Waals surface area contributed by atoms with E-state index >= 15 is 0 Å². The van der Waals surface area contributed by atoms with Crippen LogP contribution in [0.2, 0.25) is 0 Å². The van der Waals surface area contributed by atoms with Crippen molar-refractivity contribution in [2.45, 2.75) is 19.3 Å². The second-order valence-electron chi connectivity index (χ2n) is 2.83. The van der Waals surface area contributed by atoms with E-state index in [1.165, 1.54) is 19.3 Å². The molecule has 0 amide bonds. The predicted octanol–water partition coefficient (Wildman–Crippen LogP) is 2.09. The number of rotatable bonds is 0. The Kier molecular flexibility index (Phi) is 2.35. The molecule has 0 aromatic rings. The van der Waals surface area contributed by atoms with Gasteiger partial charge < -0.3 is 0 Å². The van der Waals surface area contributed by atoms with Crippen molar-refractivity contribution >= 4 is 0 Å². The first kappa shape index (κ1) is 7.16. The Balaban J connectivity index is 0.000000148. The molecule has 0 saturated heterocycles. The highest BCUT2D eigenvalue weighted by Gasteiger charge is 2.25. The second kappa shape index (κ2) is 3.28. The lowest BCUT2D eigenvalue weighted by atomic mass is 10.1. The van der Waals surface area contributed by atoms with Gasteiger partial charge in [0.1, 0.15) is 11.1 Å². The van der Waals surface area contributed by atoms with Gasteiger partial charge in [-0.1, -0.05) is 12.2 Å². The van der Waals surface area contributed by atoms with Gasteiger partial charge in [0, 0.05) is 0 Å². The highest BCUT2D eigenvalue weighted by Crippen LogP contribution is 2.38. The molecule has 2 bridgehead atoms. The van der Waals surface area contributed by atoms with Gasteiger partial charge >= 0.3 is 0 Å². The van der Waals surface area contributed by atoms with Crippen LogP contribution in [0, 0.1) is 22.9 Å². The monoisotopic (exact) mass is 138 g/mol. The Morgan fingerprint density at radius 2 is 1.50 bits per heavy atom. The fourth-order valence-electron chi connectivity index (χ4n) is 1.72. The minimum absolute atomic E-state index is 0.991. The fourth-order valence-corrected chi connectivity index (χ4v) is 1.72. The van der Waals surface area contributed by atoms with Crippen LogP contribution in [0.4, 0.5) is 0 Å². The molecule has 2 rings (SSSR count). The van der Waals surface area contributed by atoms with Crippen LogP contribution < -0.4 is 4.91 Å². The summed E-state index contributed by atoms with van der Waals surface area (Å²) in [6.07, 6.45) is 9.19. The van der Waals surface area contributed by atoms with Gasteiger partial charge in [-0.05, 0) is 31.1 Å². The van der Waals surface area contributed by atoms with Gasteiger partial charge in [-0.2, -0.15) is 0 Å². The van der Waals surface area contributed by atoms with Gasteiger partial charge in [0.05, 0.1) is 0 Å². The Hall–Kier alpha value is -0.950. The first-order valence-electron chi connectivity index (χ1n) is 3.58. The molecule has 1 fully saturated rings. The molecular weight excluding hydrogens is 126 g/mol. The largest absolute Gasteiger partial charge is 0.211 e. The Bertz CT molecular complexity index is 156. The fraction of sp³-hybridized carbons (Fsp3) is 0.714. The van der Waals surface area contributed by atoms with E-state index in [-0.39, 0.29) is 0 Å². The van der Waals surface area contributed by atoms with Crippen LogP contribution in [0.1, 0.15) is 19.3 Å². The third-order valence-electron chi connectivity index (χ3n) is 2.17. The van der Waals surface area contributed by atoms with Crippen molar-refractivity contribution in [3.63, 3.8) is 0 Å². The molecular formula is C7H12N3+. The van der Waals surface area contributed by atoms with Crippen molar-refractivity contribution in [2.24, 2.45) is 11.8 Å². The Morgan fingerprint density at radius 1 is 1.10 bits per heavy atom. The lowest BCUT2D eigenvalue weighted by Crippen LogP contribution is -1.82. The van der Waals surface area contributed by atoms with E-state index in [0.717, 1.165) is 11.8 Å². The first-order valence-corrected chi connectivity index (χ1v) is 3.58. The lowest BCUT2D eigenvalue weighted by molar-refractivity contribution is 0.691. The van der Waals surface area contributed by atoms with E-state index in [2.05, 4.69) is 12.2 Å². The van der Waals surface area contributed by atoms with Crippen molar-refractivity contribution in [1.29, 1.82) is 11.1 Å². The number of allylic oxidation sites excluding steroid dienone is 2. The molecule has 3 heteroatoms. The lowest BCUT2D eigenvalue weighted by Gasteiger charge is -1.96. The second-order valence-corrected chi connectivity index (χ2v) is 2.83. The molecule has 54 valence electrons. The van der Waals surface area contributed by atoms with E-state index in [0.29, 0.717) is 0 Å². The first-order chi connectivity index (χ1) is 4.86. The van der Waals surface area contributed by atoms with Gasteiger partial charge in [-0.25, -0.2) is 0 Å². The normalized spacial score (nSPS) is 32.8. The molecule has 2 aliphatic rings. The van der Waals surface area contributed by atoms with E-state index in [9.17, 15) is 0 Å². The zero-order valence-corrected chi connectivity index (χ0v) is 5.88. The molecule has 2 unspecified atom stereocenters. The quantitative estimate of drug-likeness (QED) is 0.292. The summed E-state index contributed by atoms with van der Waals surface area (Å²) in [6, 6.07) is 0. The van der Waals surface area contributed by atoms with Crippen LogP contribution >= 0.6 is 0 Å². The van der Waals surface area contributed by atoms with Crippen LogP contribution in [-0.2, 0) is 0 Å². The summed E-state index contributed by atoms with van der Waals surface area (Å²) in [6.45, 7) is 0. The molecule has 2 atom stereocenters. The molecule has 2 N–H and O–H groups in total. The summed E-state index contributed by atoms with van der Waals surface area (Å²) in [5.74, 6) is 1.98. The number of hydrogen-bond donors (Lipinski definition) is 2. The van der Waals surface area contributed by atoms with Crippen molar-refractivity contribution in [1.82, 2.24) is 4.91 Å². The summed E-state index contributed by atoms with van der Waals surface area (Å²) in [7, 11) is 0. The highest BCUT2D eigenvalue weighted by molar-refractivity contribution is 5.06. The number of nitrogens with zero attached hydrogens (tertiary/aromatic N) is 1. The third-order valence-corrected chi connectivity index (χ3v) is 2.17. The van der Waals surface area contributed by atoms with E-state index < -0.39 is 0 Å². The Morgan fingerprint density at radius 3 is 1.60 bits per heavy atom. The van der Waals surface area contributed by atoms with Crippen molar-refractivity contribution in [3.05, 3.63) is 12.2 Å². The van der Waals surface area contributed by atoms with Gasteiger partial charge in [0.25, 0.3) is 0 Å². The smallest absolute Gasteiger partial charge is 0.0851 e. The van der Waals surface area contributed by atoms with E-state index in [4.69, 9.17) is 11.1 Å². The molecule has 0 heterocycles. The van der Waals surface area contributed by atoms with Gasteiger partial charge in [0.15, 0.2) is 0 Å². The average molecular weight is 138 g/mol. The average Bonchev–Trinajstić information content (AvgIpc) is 2.49. The number of nitrogens with one attached hydrogen (secondary N) is 2. The molecule has 0 aliphatic heterocycles. The van der Waals surface area contributed by atoms with Gasteiger partial charge in [0.2, 0.25) is 4.91 Å². The minimum atomic E-state index is 0.991. The predicted molar refractivity (Wildman–Crippen MR) is 37.5 cm³/mol. The molecule has 0 aromatic carbocycles. The number of hydrogen-bond acceptors (Lipinski definition) is 2. The summed E-state index contributed by atoms with van der Waals surface area (Å²) in [4.78, 5) is 2.00. The van der Waals surface area contributed by atoms with E-state index in [1.54, 1.807) is 0 Å². The Labute approximate surface area is 60.2 Å². The molecule has 1 saturated carbocycles. The summed E-state index contributed by atoms with van der Waals surface area (Å²) < 4.78 is 0. The molecule has 0 spiro atoms. The maximum atomic E-state index is 5.50. The van der Waals surface area contributed by atoms with Gasteiger partial charge in [-0.3, -0.25) is 0 Å². The number of fused-ring (bicyclic) bond motifs is 2. The molecule has 2 aliphatic carbocycles. The van der Waals surface area contributed by atoms with Crippen LogP contribution in [0.5, 0.6) is 0 Å². The summed E-state index contributed by atoms with van der Waals surface area (Å²) in [5, 5.41) is 0. The zero-order valence-electron chi connectivity index (χ0n) is 5.88. The van der Waals surface area contributed by atoms with Crippen molar-refractivity contribution in [3.8, 4) is 0 Å². The van der Waals surface area contributed by atoms with Crippen molar-refractivity contribution < 1.29 is 0 Å². The van der Waals surface area contributed by atoms with E-state index in [1.807, 2.05) is 4.91 Å². The summed E-state index contributed by atoms with van der Waals surface area (Å²) >= 11 is 0. The summed E-state index contributed by atoms with van der Waals surface area (Å²) in [5.41, 5.74) is 11.0. The maximum Gasteiger partial charge on any atom is 0.211 e. The molecule has 10 heavy (non-hydrogen) atoms. The minimum Gasteiger partial charge on any atom is -0.0851 e. The molecule has 0 aromatic heterocycles. The van der Waals surface area contributed by atoms with Gasteiger partial charge in [-0.15, -0.1) is 0 Å². The maximum absolute atomic E-state index is 5.50. The highest BCUT2D eigenvalue weighted by atomic mass is 15.0. The van der Waals surface area contributed by atoms with Crippen LogP contribution in [0.25, 0.3) is 0 Å².